The molecule has 1 saturated carbocycles. The van der Waals surface area contributed by atoms with Crippen LogP contribution in [0.3, 0.4) is 0 Å². The van der Waals surface area contributed by atoms with E-state index < -0.39 is 0 Å². The van der Waals surface area contributed by atoms with E-state index in [4.69, 9.17) is 0 Å². The van der Waals surface area contributed by atoms with Gasteiger partial charge in [-0.1, -0.05) is 11.9 Å². The van der Waals surface area contributed by atoms with Crippen molar-refractivity contribution in [1.29, 1.82) is 0 Å². The first kappa shape index (κ1) is 6.95. The molecule has 0 radical (unpaired) electrons. The van der Waals surface area contributed by atoms with Crippen molar-refractivity contribution < 1.29 is 0 Å². The Bertz CT molecular complexity index is 134. The molecule has 0 unspecified atom stereocenters. The van der Waals surface area contributed by atoms with Crippen LogP contribution in [0.25, 0.3) is 0 Å². The van der Waals surface area contributed by atoms with E-state index >= 15 is 0 Å². The van der Waals surface area contributed by atoms with Crippen LogP contribution in [0.5, 0.6) is 0 Å². The summed E-state index contributed by atoms with van der Waals surface area (Å²) in [7, 11) is 0. The summed E-state index contributed by atoms with van der Waals surface area (Å²) in [5, 5.41) is 3.58. The van der Waals surface area contributed by atoms with Gasteiger partial charge < -0.3 is 5.32 Å². The van der Waals surface area contributed by atoms with Gasteiger partial charge in [-0.05, 0) is 19.1 Å². The molecule has 1 spiro atoms. The predicted octanol–water partition coefficient (Wildman–Crippen LogP) is 0.702. The molecule has 1 saturated heterocycles. The summed E-state index contributed by atoms with van der Waals surface area (Å²) in [6, 6.07) is 0. The molecule has 1 N–H and O–H groups in total. The molecule has 2 nitrogen and oxygen atoms in total. The highest BCUT2D eigenvalue weighted by atomic mass is 32.2. The third kappa shape index (κ3) is 1.18. The Morgan fingerprint density at radius 2 is 2.30 bits per heavy atom. The van der Waals surface area contributed by atoms with Gasteiger partial charge in [0.15, 0.2) is 0 Å². The molecule has 0 aromatic rings. The molecule has 1 aliphatic heterocycles. The zero-order valence-corrected chi connectivity index (χ0v) is 7.21. The molecule has 3 heteroatoms. The lowest BCUT2D eigenvalue weighted by atomic mass is 10.2. The smallest absolute Gasteiger partial charge is 0.0320 e. The molecule has 1 aliphatic carbocycles. The largest absolute Gasteiger partial charge is 0.309 e. The molecule has 0 atom stereocenters. The Kier molecular flexibility index (Phi) is 1.66. The van der Waals surface area contributed by atoms with Gasteiger partial charge in [0.1, 0.15) is 0 Å². The van der Waals surface area contributed by atoms with Gasteiger partial charge in [0.2, 0.25) is 0 Å². The van der Waals surface area contributed by atoms with Crippen molar-refractivity contribution in [3.63, 3.8) is 0 Å². The van der Waals surface area contributed by atoms with Crippen molar-refractivity contribution in [2.24, 2.45) is 0 Å². The van der Waals surface area contributed by atoms with Gasteiger partial charge in [0, 0.05) is 25.2 Å². The molecule has 58 valence electrons. The number of hydrogen-bond donors (Lipinski definition) is 1. The van der Waals surface area contributed by atoms with Gasteiger partial charge in [-0.2, -0.15) is 0 Å². The average molecular weight is 158 g/mol. The summed E-state index contributed by atoms with van der Waals surface area (Å²) in [5.41, 5.74) is 0.557. The Morgan fingerprint density at radius 3 is 2.90 bits per heavy atom. The van der Waals surface area contributed by atoms with E-state index in [1.807, 2.05) is 11.9 Å². The third-order valence-electron chi connectivity index (χ3n) is 2.45. The second kappa shape index (κ2) is 2.40. The normalized spacial score (nSPS) is 30.9. The van der Waals surface area contributed by atoms with Crippen LogP contribution >= 0.6 is 11.9 Å². The number of piperazine rings is 1. The van der Waals surface area contributed by atoms with E-state index in [9.17, 15) is 0 Å². The highest BCUT2D eigenvalue weighted by Gasteiger charge is 2.45. The topological polar surface area (TPSA) is 15.3 Å². The minimum atomic E-state index is 0.557. The van der Waals surface area contributed by atoms with Crippen LogP contribution in [0.4, 0.5) is 0 Å². The van der Waals surface area contributed by atoms with Crippen molar-refractivity contribution in [2.45, 2.75) is 18.4 Å². The van der Waals surface area contributed by atoms with Gasteiger partial charge in [0.25, 0.3) is 0 Å². The predicted molar refractivity (Wildman–Crippen MR) is 45.1 cm³/mol. The zero-order valence-electron chi connectivity index (χ0n) is 6.39. The number of hydrogen-bond acceptors (Lipinski definition) is 3. The number of nitrogens with zero attached hydrogens (tertiary/aromatic N) is 1. The van der Waals surface area contributed by atoms with E-state index in [0.29, 0.717) is 5.54 Å². The van der Waals surface area contributed by atoms with Crippen LogP contribution in [0.15, 0.2) is 0 Å². The van der Waals surface area contributed by atoms with Crippen molar-refractivity contribution in [2.75, 3.05) is 25.9 Å². The molecule has 0 aromatic heterocycles. The summed E-state index contributed by atoms with van der Waals surface area (Å²) in [6.07, 6.45) is 4.95. The molecule has 0 amide bonds. The van der Waals surface area contributed by atoms with E-state index in [1.165, 1.54) is 32.5 Å². The summed E-state index contributed by atoms with van der Waals surface area (Å²) in [5.74, 6) is 0. The van der Waals surface area contributed by atoms with Crippen LogP contribution in [0.2, 0.25) is 0 Å². The number of nitrogens with one attached hydrogen (secondary N) is 1. The van der Waals surface area contributed by atoms with Crippen LogP contribution in [0.1, 0.15) is 12.8 Å². The van der Waals surface area contributed by atoms with Crippen LogP contribution in [-0.4, -0.2) is 35.7 Å². The summed E-state index contributed by atoms with van der Waals surface area (Å²) < 4.78 is 2.46. The van der Waals surface area contributed by atoms with Crippen molar-refractivity contribution in [3.05, 3.63) is 0 Å². The maximum absolute atomic E-state index is 3.58. The molecule has 0 bridgehead atoms. The third-order valence-corrected chi connectivity index (χ3v) is 3.28. The van der Waals surface area contributed by atoms with Crippen LogP contribution in [0, 0.1) is 0 Å². The van der Waals surface area contributed by atoms with Gasteiger partial charge in [-0.25, -0.2) is 4.31 Å². The number of rotatable bonds is 1. The van der Waals surface area contributed by atoms with E-state index in [0.717, 1.165) is 0 Å². The Balaban J connectivity index is 1.91. The van der Waals surface area contributed by atoms with Gasteiger partial charge in [0.05, 0.1) is 0 Å². The standard InChI is InChI=1S/C7H14N2S/c1-10-9-5-4-8-7(6-9)2-3-7/h8H,2-6H2,1H3. The van der Waals surface area contributed by atoms with Crippen molar-refractivity contribution in [1.82, 2.24) is 9.62 Å². The van der Waals surface area contributed by atoms with Crippen LogP contribution in [-0.2, 0) is 0 Å². The summed E-state index contributed by atoms with van der Waals surface area (Å²) in [4.78, 5) is 0. The highest BCUT2D eigenvalue weighted by Crippen LogP contribution is 2.38. The van der Waals surface area contributed by atoms with Crippen LogP contribution < -0.4 is 5.32 Å². The van der Waals surface area contributed by atoms with Gasteiger partial charge >= 0.3 is 0 Å². The molecule has 2 aliphatic rings. The first-order valence-corrected chi connectivity index (χ1v) is 5.07. The fourth-order valence-corrected chi connectivity index (χ4v) is 2.21. The minimum Gasteiger partial charge on any atom is -0.309 e. The first-order chi connectivity index (χ1) is 4.85. The second-order valence-corrected chi connectivity index (χ2v) is 4.13. The van der Waals surface area contributed by atoms with Gasteiger partial charge in [-0.3, -0.25) is 0 Å². The molecule has 1 heterocycles. The zero-order chi connectivity index (χ0) is 7.03. The fraction of sp³-hybridized carbons (Fsp3) is 1.00. The van der Waals surface area contributed by atoms with E-state index in [2.05, 4.69) is 15.9 Å². The second-order valence-electron chi connectivity index (χ2n) is 3.25. The quantitative estimate of drug-likeness (QED) is 0.566. The molecule has 2 rings (SSSR count). The maximum Gasteiger partial charge on any atom is 0.0320 e. The fourth-order valence-electron chi connectivity index (χ4n) is 1.56. The molecule has 2 fully saturated rings. The Labute approximate surface area is 66.5 Å². The first-order valence-electron chi connectivity index (χ1n) is 3.89. The summed E-state index contributed by atoms with van der Waals surface area (Å²) in [6.45, 7) is 3.65. The lowest BCUT2D eigenvalue weighted by Crippen LogP contribution is -2.49. The maximum atomic E-state index is 3.58. The molecular weight excluding hydrogens is 144 g/mol. The molecular formula is C7H14N2S. The van der Waals surface area contributed by atoms with Crippen molar-refractivity contribution in [3.8, 4) is 0 Å². The van der Waals surface area contributed by atoms with E-state index in [-0.39, 0.29) is 0 Å². The Hall–Kier alpha value is 0.270. The van der Waals surface area contributed by atoms with Crippen molar-refractivity contribution >= 4 is 11.9 Å². The molecule has 0 aromatic carbocycles. The van der Waals surface area contributed by atoms with E-state index in [1.54, 1.807) is 0 Å². The lowest BCUT2D eigenvalue weighted by Gasteiger charge is -2.31. The lowest BCUT2D eigenvalue weighted by molar-refractivity contribution is 0.306. The molecule has 10 heavy (non-hydrogen) atoms. The Morgan fingerprint density at radius 1 is 1.50 bits per heavy atom. The minimum absolute atomic E-state index is 0.557. The monoisotopic (exact) mass is 158 g/mol. The highest BCUT2D eigenvalue weighted by molar-refractivity contribution is 7.96. The summed E-state index contributed by atoms with van der Waals surface area (Å²) >= 11 is 1.88. The van der Waals surface area contributed by atoms with Gasteiger partial charge in [-0.15, -0.1) is 0 Å². The SMILES string of the molecule is CSN1CCNC2(CC2)C1. The average Bonchev–Trinajstić information content (AvgIpc) is 2.70.